The third kappa shape index (κ3) is 3.91. The molecular formula is C15H29NO3. The zero-order chi connectivity index (χ0) is 13.9. The van der Waals surface area contributed by atoms with Gasteiger partial charge in [0.2, 0.25) is 0 Å². The minimum absolute atomic E-state index is 0.167. The fourth-order valence-corrected chi connectivity index (χ4v) is 3.28. The Bertz CT molecular complexity index is 273. The second-order valence-corrected chi connectivity index (χ2v) is 6.28. The van der Waals surface area contributed by atoms with Crippen molar-refractivity contribution in [2.24, 2.45) is 5.92 Å². The maximum absolute atomic E-state index is 9.78. The molecule has 3 atom stereocenters. The van der Waals surface area contributed by atoms with E-state index in [1.54, 1.807) is 0 Å². The number of ether oxygens (including phenoxy) is 2. The SMILES string of the molecule is CCNC(CO)(COC1CC(C)OC(C)C1)C1CC1. The predicted octanol–water partition coefficient (Wildman–Crippen LogP) is 1.71. The molecule has 0 aromatic heterocycles. The largest absolute Gasteiger partial charge is 0.394 e. The first kappa shape index (κ1) is 15.2. The lowest BCUT2D eigenvalue weighted by Crippen LogP contribution is -2.55. The first-order chi connectivity index (χ1) is 9.09. The summed E-state index contributed by atoms with van der Waals surface area (Å²) < 4.78 is 11.9. The van der Waals surface area contributed by atoms with Crippen molar-refractivity contribution in [1.82, 2.24) is 5.32 Å². The molecule has 19 heavy (non-hydrogen) atoms. The van der Waals surface area contributed by atoms with Crippen LogP contribution in [0.2, 0.25) is 0 Å². The van der Waals surface area contributed by atoms with Crippen molar-refractivity contribution in [2.75, 3.05) is 19.8 Å². The zero-order valence-electron chi connectivity index (χ0n) is 12.5. The quantitative estimate of drug-likeness (QED) is 0.740. The van der Waals surface area contributed by atoms with E-state index in [1.807, 2.05) is 0 Å². The Morgan fingerprint density at radius 2 is 1.89 bits per heavy atom. The van der Waals surface area contributed by atoms with E-state index in [9.17, 15) is 5.11 Å². The summed E-state index contributed by atoms with van der Waals surface area (Å²) in [6.45, 7) is 7.96. The van der Waals surface area contributed by atoms with Crippen molar-refractivity contribution in [3.05, 3.63) is 0 Å². The normalized spacial score (nSPS) is 35.1. The van der Waals surface area contributed by atoms with E-state index in [4.69, 9.17) is 9.47 Å². The smallest absolute Gasteiger partial charge is 0.0679 e. The molecule has 2 aliphatic rings. The summed E-state index contributed by atoms with van der Waals surface area (Å²) >= 11 is 0. The van der Waals surface area contributed by atoms with Gasteiger partial charge in [-0.1, -0.05) is 6.92 Å². The first-order valence-electron chi connectivity index (χ1n) is 7.72. The van der Waals surface area contributed by atoms with Gasteiger partial charge in [0.25, 0.3) is 0 Å². The third-order valence-electron chi connectivity index (χ3n) is 4.40. The van der Waals surface area contributed by atoms with Crippen LogP contribution in [0.4, 0.5) is 0 Å². The number of aliphatic hydroxyl groups is 1. The summed E-state index contributed by atoms with van der Waals surface area (Å²) in [5, 5.41) is 13.2. The van der Waals surface area contributed by atoms with Crippen LogP contribution in [0.15, 0.2) is 0 Å². The Morgan fingerprint density at radius 1 is 1.26 bits per heavy atom. The molecule has 1 aliphatic heterocycles. The Kier molecular flexibility index (Phi) is 5.23. The van der Waals surface area contributed by atoms with Crippen molar-refractivity contribution in [1.29, 1.82) is 0 Å². The highest BCUT2D eigenvalue weighted by atomic mass is 16.5. The molecule has 1 aliphatic carbocycles. The number of hydrogen-bond donors (Lipinski definition) is 2. The topological polar surface area (TPSA) is 50.7 Å². The molecule has 1 saturated carbocycles. The molecule has 2 rings (SSSR count). The maximum Gasteiger partial charge on any atom is 0.0679 e. The van der Waals surface area contributed by atoms with Crippen molar-refractivity contribution in [3.8, 4) is 0 Å². The molecule has 112 valence electrons. The van der Waals surface area contributed by atoms with Crippen LogP contribution in [0.25, 0.3) is 0 Å². The van der Waals surface area contributed by atoms with E-state index in [2.05, 4.69) is 26.1 Å². The van der Waals surface area contributed by atoms with Gasteiger partial charge in [-0.2, -0.15) is 0 Å². The molecule has 0 amide bonds. The van der Waals surface area contributed by atoms with Crippen molar-refractivity contribution < 1.29 is 14.6 Å². The van der Waals surface area contributed by atoms with Gasteiger partial charge in [-0.25, -0.2) is 0 Å². The molecule has 0 aromatic rings. The van der Waals surface area contributed by atoms with Gasteiger partial charge in [-0.15, -0.1) is 0 Å². The number of aliphatic hydroxyl groups excluding tert-OH is 1. The molecule has 4 heteroatoms. The van der Waals surface area contributed by atoms with Crippen LogP contribution in [0, 0.1) is 5.92 Å². The van der Waals surface area contributed by atoms with Crippen LogP contribution in [-0.2, 0) is 9.47 Å². The van der Waals surface area contributed by atoms with E-state index in [0.29, 0.717) is 12.5 Å². The van der Waals surface area contributed by atoms with E-state index in [-0.39, 0.29) is 30.5 Å². The Balaban J connectivity index is 1.87. The van der Waals surface area contributed by atoms with E-state index in [0.717, 1.165) is 19.4 Å². The standard InChI is InChI=1S/C15H29NO3/c1-4-16-15(9-17,13-5-6-13)10-18-14-7-11(2)19-12(3)8-14/h11-14,16-17H,4-10H2,1-3H3. The lowest BCUT2D eigenvalue weighted by atomic mass is 9.94. The molecule has 3 unspecified atom stereocenters. The number of hydrogen-bond acceptors (Lipinski definition) is 4. The average molecular weight is 271 g/mol. The molecule has 0 bridgehead atoms. The third-order valence-corrected chi connectivity index (χ3v) is 4.40. The maximum atomic E-state index is 9.78. The summed E-state index contributed by atoms with van der Waals surface area (Å²) in [6, 6.07) is 0. The van der Waals surface area contributed by atoms with E-state index < -0.39 is 0 Å². The summed E-state index contributed by atoms with van der Waals surface area (Å²) in [6.07, 6.45) is 5.15. The van der Waals surface area contributed by atoms with Gasteiger partial charge in [-0.05, 0) is 52.0 Å². The highest BCUT2D eigenvalue weighted by Crippen LogP contribution is 2.40. The van der Waals surface area contributed by atoms with Gasteiger partial charge in [-0.3, -0.25) is 0 Å². The number of rotatable bonds is 7. The van der Waals surface area contributed by atoms with Gasteiger partial charge in [0.1, 0.15) is 0 Å². The summed E-state index contributed by atoms with van der Waals surface area (Å²) in [5.41, 5.74) is -0.223. The molecule has 4 nitrogen and oxygen atoms in total. The number of likely N-dealkylation sites (N-methyl/N-ethyl adjacent to an activating group) is 1. The van der Waals surface area contributed by atoms with E-state index >= 15 is 0 Å². The molecule has 1 heterocycles. The highest BCUT2D eigenvalue weighted by Gasteiger charge is 2.45. The van der Waals surface area contributed by atoms with Crippen molar-refractivity contribution in [3.63, 3.8) is 0 Å². The molecule has 2 N–H and O–H groups in total. The second-order valence-electron chi connectivity index (χ2n) is 6.28. The molecule has 0 spiro atoms. The van der Waals surface area contributed by atoms with E-state index in [1.165, 1.54) is 12.8 Å². The monoisotopic (exact) mass is 271 g/mol. The van der Waals surface area contributed by atoms with Crippen LogP contribution in [-0.4, -0.2) is 48.7 Å². The fourth-order valence-electron chi connectivity index (χ4n) is 3.28. The zero-order valence-corrected chi connectivity index (χ0v) is 12.5. The van der Waals surface area contributed by atoms with Gasteiger partial charge in [0, 0.05) is 0 Å². The molecular weight excluding hydrogens is 242 g/mol. The first-order valence-corrected chi connectivity index (χ1v) is 7.72. The molecule has 2 fully saturated rings. The van der Waals surface area contributed by atoms with Crippen LogP contribution in [0.3, 0.4) is 0 Å². The van der Waals surface area contributed by atoms with Crippen LogP contribution in [0.1, 0.15) is 46.5 Å². The Hall–Kier alpha value is -0.160. The fraction of sp³-hybridized carbons (Fsp3) is 1.00. The van der Waals surface area contributed by atoms with Gasteiger partial charge in [0.05, 0.1) is 37.1 Å². The number of nitrogens with one attached hydrogen (secondary N) is 1. The average Bonchev–Trinajstić information content (AvgIpc) is 3.18. The van der Waals surface area contributed by atoms with Crippen LogP contribution < -0.4 is 5.32 Å². The predicted molar refractivity (Wildman–Crippen MR) is 75.2 cm³/mol. The Morgan fingerprint density at radius 3 is 2.37 bits per heavy atom. The van der Waals surface area contributed by atoms with Gasteiger partial charge < -0.3 is 19.9 Å². The summed E-state index contributed by atoms with van der Waals surface area (Å²) in [5.74, 6) is 0.576. The second kappa shape index (κ2) is 6.53. The Labute approximate surface area is 116 Å². The van der Waals surface area contributed by atoms with Gasteiger partial charge >= 0.3 is 0 Å². The minimum Gasteiger partial charge on any atom is -0.394 e. The lowest BCUT2D eigenvalue weighted by Gasteiger charge is -2.37. The molecule has 1 saturated heterocycles. The minimum atomic E-state index is -0.223. The van der Waals surface area contributed by atoms with Crippen molar-refractivity contribution in [2.45, 2.75) is 70.3 Å². The van der Waals surface area contributed by atoms with Crippen molar-refractivity contribution >= 4 is 0 Å². The van der Waals surface area contributed by atoms with Crippen LogP contribution in [0.5, 0.6) is 0 Å². The van der Waals surface area contributed by atoms with Gasteiger partial charge in [0.15, 0.2) is 0 Å². The highest BCUT2D eigenvalue weighted by molar-refractivity contribution is 5.01. The summed E-state index contributed by atoms with van der Waals surface area (Å²) in [7, 11) is 0. The summed E-state index contributed by atoms with van der Waals surface area (Å²) in [4.78, 5) is 0. The molecule has 0 radical (unpaired) electrons. The molecule has 0 aromatic carbocycles. The van der Waals surface area contributed by atoms with Crippen LogP contribution >= 0.6 is 0 Å². The lowest BCUT2D eigenvalue weighted by molar-refractivity contribution is -0.115.